The number of aromatic nitrogens is 2. The Morgan fingerprint density at radius 3 is 2.85 bits per heavy atom. The number of halogens is 3. The summed E-state index contributed by atoms with van der Waals surface area (Å²) >= 11 is 5.85. The van der Waals surface area contributed by atoms with Gasteiger partial charge in [-0.05, 0) is 25.0 Å². The van der Waals surface area contributed by atoms with Crippen molar-refractivity contribution in [1.82, 2.24) is 9.97 Å². The van der Waals surface area contributed by atoms with Crippen LogP contribution < -0.4 is 5.32 Å². The van der Waals surface area contributed by atoms with Crippen molar-refractivity contribution in [3.8, 4) is 0 Å². The third-order valence-corrected chi connectivity index (χ3v) is 3.50. The molecule has 3 nitrogen and oxygen atoms in total. The van der Waals surface area contributed by atoms with Gasteiger partial charge in [0.1, 0.15) is 16.8 Å². The molecule has 0 unspecified atom stereocenters. The molecule has 104 valence electrons. The minimum absolute atomic E-state index is 0.0386. The molecule has 6 heteroatoms. The monoisotopic (exact) mass is 295 g/mol. The zero-order valence-corrected chi connectivity index (χ0v) is 11.5. The Kier molecular flexibility index (Phi) is 3.30. The molecule has 1 aromatic carbocycles. The standard InChI is InChI=1S/C14H12ClF2N3/c1-7-18-12(15)6-13(19-7)20-11-5-9(11)8-3-2-4-10(16)14(8)17/h2-4,6,9,11H,5H2,1H3,(H,18,19,20)/t9-,11-/m0/s1. The number of hydrogen-bond donors (Lipinski definition) is 1. The topological polar surface area (TPSA) is 37.8 Å². The van der Waals surface area contributed by atoms with Gasteiger partial charge in [0.2, 0.25) is 0 Å². The van der Waals surface area contributed by atoms with Crippen LogP contribution in [0.3, 0.4) is 0 Å². The lowest BCUT2D eigenvalue weighted by Crippen LogP contribution is -2.08. The molecule has 1 N–H and O–H groups in total. The van der Waals surface area contributed by atoms with Gasteiger partial charge in [0.25, 0.3) is 0 Å². The highest BCUT2D eigenvalue weighted by Gasteiger charge is 2.40. The van der Waals surface area contributed by atoms with Crippen LogP contribution in [0, 0.1) is 18.6 Å². The predicted molar refractivity (Wildman–Crippen MR) is 72.9 cm³/mol. The van der Waals surface area contributed by atoms with Gasteiger partial charge in [0.05, 0.1) is 0 Å². The number of rotatable bonds is 3. The van der Waals surface area contributed by atoms with Crippen molar-refractivity contribution in [2.45, 2.75) is 25.3 Å². The molecule has 2 atom stereocenters. The summed E-state index contributed by atoms with van der Waals surface area (Å²) in [6.45, 7) is 1.74. The van der Waals surface area contributed by atoms with Crippen molar-refractivity contribution < 1.29 is 8.78 Å². The van der Waals surface area contributed by atoms with Crippen LogP contribution in [-0.2, 0) is 0 Å². The SMILES string of the molecule is Cc1nc(Cl)cc(N[C@H]2C[C@H]2c2cccc(F)c2F)n1. The van der Waals surface area contributed by atoms with Gasteiger partial charge in [-0.3, -0.25) is 0 Å². The predicted octanol–water partition coefficient (Wildman–Crippen LogP) is 3.68. The first-order valence-electron chi connectivity index (χ1n) is 6.26. The second-order valence-electron chi connectivity index (χ2n) is 4.86. The Balaban J connectivity index is 1.75. The first-order chi connectivity index (χ1) is 9.54. The summed E-state index contributed by atoms with van der Waals surface area (Å²) in [4.78, 5) is 8.18. The van der Waals surface area contributed by atoms with Crippen molar-refractivity contribution in [3.05, 3.63) is 52.4 Å². The molecular formula is C14H12ClF2N3. The average Bonchev–Trinajstić information content (AvgIpc) is 3.10. The van der Waals surface area contributed by atoms with Gasteiger partial charge in [0.15, 0.2) is 11.6 Å². The van der Waals surface area contributed by atoms with E-state index in [1.165, 1.54) is 6.07 Å². The average molecular weight is 296 g/mol. The molecule has 0 aliphatic heterocycles. The lowest BCUT2D eigenvalue weighted by molar-refractivity contribution is 0.499. The highest BCUT2D eigenvalue weighted by molar-refractivity contribution is 6.29. The Morgan fingerprint density at radius 1 is 1.30 bits per heavy atom. The lowest BCUT2D eigenvalue weighted by atomic mass is 10.1. The molecule has 0 saturated heterocycles. The maximum absolute atomic E-state index is 13.7. The second kappa shape index (κ2) is 4.98. The number of nitrogens with one attached hydrogen (secondary N) is 1. The smallest absolute Gasteiger partial charge is 0.162 e. The summed E-state index contributed by atoms with van der Waals surface area (Å²) in [5.41, 5.74) is 0.402. The Morgan fingerprint density at radius 2 is 2.10 bits per heavy atom. The van der Waals surface area contributed by atoms with E-state index in [2.05, 4.69) is 15.3 Å². The van der Waals surface area contributed by atoms with E-state index < -0.39 is 11.6 Å². The maximum atomic E-state index is 13.7. The largest absolute Gasteiger partial charge is 0.367 e. The zero-order chi connectivity index (χ0) is 14.3. The summed E-state index contributed by atoms with van der Waals surface area (Å²) in [6, 6.07) is 5.91. The fourth-order valence-corrected chi connectivity index (χ4v) is 2.53. The van der Waals surface area contributed by atoms with Crippen LogP contribution in [0.15, 0.2) is 24.3 Å². The maximum Gasteiger partial charge on any atom is 0.162 e. The van der Waals surface area contributed by atoms with Gasteiger partial charge in [-0.15, -0.1) is 0 Å². The quantitative estimate of drug-likeness (QED) is 0.878. The summed E-state index contributed by atoms with van der Waals surface area (Å²) in [7, 11) is 0. The second-order valence-corrected chi connectivity index (χ2v) is 5.25. The van der Waals surface area contributed by atoms with Crippen molar-refractivity contribution in [2.75, 3.05) is 5.32 Å². The normalized spacial score (nSPS) is 20.8. The van der Waals surface area contributed by atoms with Gasteiger partial charge in [-0.2, -0.15) is 0 Å². The highest BCUT2D eigenvalue weighted by Crippen LogP contribution is 2.44. The molecule has 0 bridgehead atoms. The van der Waals surface area contributed by atoms with Gasteiger partial charge in [-0.1, -0.05) is 23.7 Å². The summed E-state index contributed by atoms with van der Waals surface area (Å²) in [5.74, 6) is -0.450. The molecule has 2 aromatic rings. The van der Waals surface area contributed by atoms with Crippen LogP contribution in [0.2, 0.25) is 5.15 Å². The Labute approximate surface area is 120 Å². The molecule has 0 spiro atoms. The first-order valence-corrected chi connectivity index (χ1v) is 6.64. The van der Waals surface area contributed by atoms with Gasteiger partial charge in [-0.25, -0.2) is 18.7 Å². The van der Waals surface area contributed by atoms with Crippen molar-refractivity contribution in [3.63, 3.8) is 0 Å². The molecule has 1 aliphatic carbocycles. The van der Waals surface area contributed by atoms with E-state index >= 15 is 0 Å². The van der Waals surface area contributed by atoms with E-state index in [-0.39, 0.29) is 12.0 Å². The van der Waals surface area contributed by atoms with E-state index in [4.69, 9.17) is 11.6 Å². The Bertz CT molecular complexity index is 643. The molecule has 1 heterocycles. The van der Waals surface area contributed by atoms with E-state index in [0.717, 1.165) is 12.5 Å². The van der Waals surface area contributed by atoms with Crippen LogP contribution in [0.5, 0.6) is 0 Å². The third-order valence-electron chi connectivity index (χ3n) is 3.31. The highest BCUT2D eigenvalue weighted by atomic mass is 35.5. The van der Waals surface area contributed by atoms with Crippen molar-refractivity contribution in [1.29, 1.82) is 0 Å². The number of anilines is 1. The summed E-state index contributed by atoms with van der Waals surface area (Å²) < 4.78 is 26.9. The van der Waals surface area contributed by atoms with Gasteiger partial charge < -0.3 is 5.32 Å². The van der Waals surface area contributed by atoms with E-state index in [1.54, 1.807) is 19.1 Å². The van der Waals surface area contributed by atoms with Crippen molar-refractivity contribution in [2.24, 2.45) is 0 Å². The molecule has 0 radical (unpaired) electrons. The number of nitrogens with zero attached hydrogens (tertiary/aromatic N) is 2. The summed E-state index contributed by atoms with van der Waals surface area (Å²) in [5, 5.41) is 3.52. The molecule has 1 aliphatic rings. The first kappa shape index (κ1) is 13.2. The van der Waals surface area contributed by atoms with Gasteiger partial charge in [0, 0.05) is 18.0 Å². The van der Waals surface area contributed by atoms with Crippen LogP contribution in [0.25, 0.3) is 0 Å². The summed E-state index contributed by atoms with van der Waals surface area (Å²) in [6.07, 6.45) is 0.737. The third kappa shape index (κ3) is 2.58. The fraction of sp³-hybridized carbons (Fsp3) is 0.286. The molecule has 20 heavy (non-hydrogen) atoms. The number of benzene rings is 1. The fourth-order valence-electron chi connectivity index (χ4n) is 2.30. The van der Waals surface area contributed by atoms with Crippen molar-refractivity contribution >= 4 is 17.4 Å². The molecule has 0 amide bonds. The minimum Gasteiger partial charge on any atom is -0.367 e. The van der Waals surface area contributed by atoms with E-state index in [1.807, 2.05) is 0 Å². The van der Waals surface area contributed by atoms with Crippen LogP contribution in [0.1, 0.15) is 23.7 Å². The van der Waals surface area contributed by atoms with E-state index in [0.29, 0.717) is 22.4 Å². The molecule has 1 aromatic heterocycles. The lowest BCUT2D eigenvalue weighted by Gasteiger charge is -2.07. The number of hydrogen-bond acceptors (Lipinski definition) is 3. The molecular weight excluding hydrogens is 284 g/mol. The Hall–Kier alpha value is -1.75. The molecule has 3 rings (SSSR count). The van der Waals surface area contributed by atoms with E-state index in [9.17, 15) is 8.78 Å². The van der Waals surface area contributed by atoms with Crippen LogP contribution in [0.4, 0.5) is 14.6 Å². The minimum atomic E-state index is -0.811. The number of aryl methyl sites for hydroxylation is 1. The van der Waals surface area contributed by atoms with Gasteiger partial charge >= 0.3 is 0 Å². The zero-order valence-electron chi connectivity index (χ0n) is 10.7. The van der Waals surface area contributed by atoms with Crippen LogP contribution in [-0.4, -0.2) is 16.0 Å². The van der Waals surface area contributed by atoms with Crippen LogP contribution >= 0.6 is 11.6 Å². The molecule has 1 saturated carbocycles. The molecule has 1 fully saturated rings.